The van der Waals surface area contributed by atoms with Gasteiger partial charge in [0.1, 0.15) is 5.82 Å². The second kappa shape index (κ2) is 7.41. The van der Waals surface area contributed by atoms with Gasteiger partial charge in [-0.3, -0.25) is 14.4 Å². The van der Waals surface area contributed by atoms with E-state index in [1.807, 2.05) is 36.6 Å². The van der Waals surface area contributed by atoms with Crippen LogP contribution in [0.2, 0.25) is 0 Å². The molecule has 1 aliphatic heterocycles. The summed E-state index contributed by atoms with van der Waals surface area (Å²) in [6.45, 7) is 2.23. The number of hydrogen-bond donors (Lipinski definition) is 2. The molecule has 1 aromatic carbocycles. The Kier molecular flexibility index (Phi) is 4.62. The summed E-state index contributed by atoms with van der Waals surface area (Å²) in [4.78, 5) is 9.32. The molecule has 4 heterocycles. The van der Waals surface area contributed by atoms with Crippen LogP contribution in [0.3, 0.4) is 0 Å². The smallest absolute Gasteiger partial charge is 0.126 e. The molecule has 0 atom stereocenters. The van der Waals surface area contributed by atoms with Gasteiger partial charge in [0, 0.05) is 53.2 Å². The quantitative estimate of drug-likeness (QED) is 0.506. The minimum absolute atomic E-state index is 0.467. The van der Waals surface area contributed by atoms with Crippen LogP contribution in [0.15, 0.2) is 48.9 Å². The molecule has 2 N–H and O–H groups in total. The third kappa shape index (κ3) is 3.31. The maximum atomic E-state index is 4.68. The van der Waals surface area contributed by atoms with Gasteiger partial charge in [-0.05, 0) is 37.3 Å². The SMILES string of the molecule is CSN1CCC(Nc2cc3c(-c4ccc5cn[nH]c5c4)nccc3cn2)CC1. The predicted molar refractivity (Wildman–Crippen MR) is 116 cm³/mol. The summed E-state index contributed by atoms with van der Waals surface area (Å²) in [5.74, 6) is 0.923. The molecule has 3 aromatic heterocycles. The Morgan fingerprint density at radius 2 is 1.96 bits per heavy atom. The third-order valence-electron chi connectivity index (χ3n) is 5.43. The van der Waals surface area contributed by atoms with Crippen LogP contribution in [0.5, 0.6) is 0 Å². The first-order valence-electron chi connectivity index (χ1n) is 9.54. The van der Waals surface area contributed by atoms with Crippen LogP contribution in [0.1, 0.15) is 12.8 Å². The number of nitrogens with one attached hydrogen (secondary N) is 2. The lowest BCUT2D eigenvalue weighted by atomic mass is 10.0. The average Bonchev–Trinajstić information content (AvgIpc) is 3.22. The van der Waals surface area contributed by atoms with Crippen molar-refractivity contribution in [1.29, 1.82) is 0 Å². The van der Waals surface area contributed by atoms with E-state index in [0.717, 1.165) is 64.7 Å². The Balaban J connectivity index is 1.47. The minimum atomic E-state index is 0.467. The monoisotopic (exact) mass is 390 g/mol. The lowest BCUT2D eigenvalue weighted by Crippen LogP contribution is -2.35. The lowest BCUT2D eigenvalue weighted by Gasteiger charge is -2.30. The zero-order valence-electron chi connectivity index (χ0n) is 15.7. The number of aromatic amines is 1. The van der Waals surface area contributed by atoms with Gasteiger partial charge in [0.05, 0.1) is 17.4 Å². The van der Waals surface area contributed by atoms with Crippen molar-refractivity contribution in [3.05, 3.63) is 48.9 Å². The molecule has 0 aliphatic carbocycles. The van der Waals surface area contributed by atoms with E-state index in [0.29, 0.717) is 6.04 Å². The van der Waals surface area contributed by atoms with Crippen molar-refractivity contribution in [2.24, 2.45) is 0 Å². The number of pyridine rings is 2. The molecule has 0 radical (unpaired) electrons. The highest BCUT2D eigenvalue weighted by Crippen LogP contribution is 2.30. The van der Waals surface area contributed by atoms with E-state index in [4.69, 9.17) is 0 Å². The fourth-order valence-corrected chi connectivity index (χ4v) is 4.43. The highest BCUT2D eigenvalue weighted by atomic mass is 32.2. The second-order valence-electron chi connectivity index (χ2n) is 7.15. The summed E-state index contributed by atoms with van der Waals surface area (Å²) in [5, 5.41) is 14.1. The Morgan fingerprint density at radius 3 is 2.82 bits per heavy atom. The number of nitrogens with zero attached hydrogens (tertiary/aromatic N) is 4. The van der Waals surface area contributed by atoms with Gasteiger partial charge in [-0.25, -0.2) is 4.98 Å². The van der Waals surface area contributed by atoms with E-state index in [1.165, 1.54) is 0 Å². The van der Waals surface area contributed by atoms with E-state index < -0.39 is 0 Å². The molecule has 4 aromatic rings. The number of rotatable bonds is 4. The molecule has 5 rings (SSSR count). The Morgan fingerprint density at radius 1 is 1.07 bits per heavy atom. The molecule has 0 unspecified atom stereocenters. The van der Waals surface area contributed by atoms with E-state index in [2.05, 4.69) is 60.3 Å². The van der Waals surface area contributed by atoms with Crippen LogP contribution >= 0.6 is 11.9 Å². The molecule has 28 heavy (non-hydrogen) atoms. The first-order chi connectivity index (χ1) is 13.8. The van der Waals surface area contributed by atoms with Gasteiger partial charge in [-0.15, -0.1) is 0 Å². The first kappa shape index (κ1) is 17.5. The van der Waals surface area contributed by atoms with Crippen LogP contribution in [-0.4, -0.2) is 49.9 Å². The maximum Gasteiger partial charge on any atom is 0.126 e. The number of piperidine rings is 1. The van der Waals surface area contributed by atoms with Crippen LogP contribution in [0.4, 0.5) is 5.82 Å². The predicted octanol–water partition coefficient (Wildman–Crippen LogP) is 4.33. The van der Waals surface area contributed by atoms with E-state index in [-0.39, 0.29) is 0 Å². The molecule has 0 saturated carbocycles. The minimum Gasteiger partial charge on any atom is -0.367 e. The maximum absolute atomic E-state index is 4.68. The van der Waals surface area contributed by atoms with Gasteiger partial charge >= 0.3 is 0 Å². The molecule has 1 aliphatic rings. The molecular weight excluding hydrogens is 368 g/mol. The van der Waals surface area contributed by atoms with Gasteiger partial charge in [0.15, 0.2) is 0 Å². The highest BCUT2D eigenvalue weighted by Gasteiger charge is 2.19. The molecule has 6 nitrogen and oxygen atoms in total. The van der Waals surface area contributed by atoms with E-state index >= 15 is 0 Å². The average molecular weight is 391 g/mol. The summed E-state index contributed by atoms with van der Waals surface area (Å²) in [5.41, 5.74) is 3.06. The molecule has 0 bridgehead atoms. The molecule has 142 valence electrons. The molecule has 7 heteroatoms. The van der Waals surface area contributed by atoms with Crippen molar-refractivity contribution in [2.75, 3.05) is 24.7 Å². The third-order valence-corrected chi connectivity index (χ3v) is 6.31. The van der Waals surface area contributed by atoms with Crippen LogP contribution in [-0.2, 0) is 0 Å². The number of H-pyrrole nitrogens is 1. The highest BCUT2D eigenvalue weighted by molar-refractivity contribution is 7.96. The molecular formula is C21H22N6S. The van der Waals surface area contributed by atoms with Gasteiger partial charge in [-0.1, -0.05) is 24.1 Å². The number of anilines is 1. The van der Waals surface area contributed by atoms with Gasteiger partial charge in [-0.2, -0.15) is 5.10 Å². The molecule has 0 spiro atoms. The molecule has 1 saturated heterocycles. The normalized spacial score (nSPS) is 16.0. The summed E-state index contributed by atoms with van der Waals surface area (Å²) in [7, 11) is 0. The number of benzene rings is 1. The van der Waals surface area contributed by atoms with Crippen LogP contribution in [0.25, 0.3) is 32.9 Å². The van der Waals surface area contributed by atoms with Crippen molar-refractivity contribution in [3.8, 4) is 11.3 Å². The largest absolute Gasteiger partial charge is 0.367 e. The summed E-state index contributed by atoms with van der Waals surface area (Å²) in [6.07, 6.45) is 10.0. The van der Waals surface area contributed by atoms with Gasteiger partial charge in [0.2, 0.25) is 0 Å². The summed E-state index contributed by atoms with van der Waals surface area (Å²) >= 11 is 1.83. The first-order valence-corrected chi connectivity index (χ1v) is 10.7. The van der Waals surface area contributed by atoms with Gasteiger partial charge < -0.3 is 5.32 Å². The lowest BCUT2D eigenvalue weighted by molar-refractivity contribution is 0.359. The van der Waals surface area contributed by atoms with Crippen molar-refractivity contribution < 1.29 is 0 Å². The van der Waals surface area contributed by atoms with Gasteiger partial charge in [0.25, 0.3) is 0 Å². The number of aromatic nitrogens is 4. The standard InChI is InChI=1S/C21H22N6S/c1-28-27-8-5-17(6-9-27)25-20-11-18-15(12-23-20)4-7-22-21(18)14-2-3-16-13-24-26-19(16)10-14/h2-4,7,10-13,17H,5-6,8-9H2,1H3,(H,23,25)(H,24,26). The number of hydrogen-bond acceptors (Lipinski definition) is 6. The summed E-state index contributed by atoms with van der Waals surface area (Å²) in [6, 6.07) is 10.9. The van der Waals surface area contributed by atoms with E-state index in [9.17, 15) is 0 Å². The Hall–Kier alpha value is -2.64. The Labute approximate surface area is 167 Å². The zero-order valence-corrected chi connectivity index (χ0v) is 16.5. The summed E-state index contributed by atoms with van der Waals surface area (Å²) < 4.78 is 2.42. The van der Waals surface area contributed by atoms with Crippen LogP contribution < -0.4 is 5.32 Å². The van der Waals surface area contributed by atoms with E-state index in [1.54, 1.807) is 0 Å². The molecule has 1 fully saturated rings. The second-order valence-corrected chi connectivity index (χ2v) is 8.03. The van der Waals surface area contributed by atoms with Crippen LogP contribution in [0, 0.1) is 0 Å². The topological polar surface area (TPSA) is 69.7 Å². The van der Waals surface area contributed by atoms with Crippen molar-refractivity contribution in [3.63, 3.8) is 0 Å². The Bertz CT molecular complexity index is 1120. The zero-order chi connectivity index (χ0) is 18.9. The fraction of sp³-hybridized carbons (Fsp3) is 0.286. The number of fused-ring (bicyclic) bond motifs is 2. The van der Waals surface area contributed by atoms with Crippen molar-refractivity contribution >= 4 is 39.4 Å². The van der Waals surface area contributed by atoms with Crippen molar-refractivity contribution in [2.45, 2.75) is 18.9 Å². The van der Waals surface area contributed by atoms with Crippen molar-refractivity contribution in [1.82, 2.24) is 24.5 Å². The fourth-order valence-electron chi connectivity index (χ4n) is 3.85. The molecule has 0 amide bonds.